The van der Waals surface area contributed by atoms with Gasteiger partial charge in [-0.15, -0.1) is 5.11 Å². The van der Waals surface area contributed by atoms with Gasteiger partial charge in [-0.2, -0.15) is 5.11 Å². The van der Waals surface area contributed by atoms with Crippen molar-refractivity contribution in [1.82, 2.24) is 0 Å². The lowest BCUT2D eigenvalue weighted by Gasteiger charge is -1.89. The van der Waals surface area contributed by atoms with Crippen molar-refractivity contribution < 1.29 is 14.7 Å². The molecule has 11 heavy (non-hydrogen) atoms. The molecule has 0 aromatic carbocycles. The van der Waals surface area contributed by atoms with Gasteiger partial charge in [0.1, 0.15) is 0 Å². The maximum atomic E-state index is 10.4. The summed E-state index contributed by atoms with van der Waals surface area (Å²) < 4.78 is 0. The third kappa shape index (κ3) is 2.29. The lowest BCUT2D eigenvalue weighted by atomic mass is 10.2. The Kier molecular flexibility index (Phi) is 2.10. The SMILES string of the molecule is O=C(O)CCC1=CC(=O)N=N1. The molecule has 0 saturated carbocycles. The molecule has 0 aromatic rings. The Labute approximate surface area is 62.4 Å². The van der Waals surface area contributed by atoms with Crippen molar-refractivity contribution in [2.24, 2.45) is 10.2 Å². The van der Waals surface area contributed by atoms with Crippen molar-refractivity contribution in [2.45, 2.75) is 12.8 Å². The Morgan fingerprint density at radius 3 is 2.73 bits per heavy atom. The third-order valence-corrected chi connectivity index (χ3v) is 1.16. The van der Waals surface area contributed by atoms with E-state index in [2.05, 4.69) is 10.2 Å². The van der Waals surface area contributed by atoms with E-state index in [0.717, 1.165) is 0 Å². The average Bonchev–Trinajstić information content (AvgIpc) is 2.31. The Morgan fingerprint density at radius 1 is 1.55 bits per heavy atom. The normalized spacial score (nSPS) is 15.3. The Hall–Kier alpha value is -1.52. The minimum Gasteiger partial charge on any atom is -0.481 e. The van der Waals surface area contributed by atoms with Crippen molar-refractivity contribution in [3.05, 3.63) is 11.8 Å². The van der Waals surface area contributed by atoms with Gasteiger partial charge in [0.15, 0.2) is 0 Å². The molecule has 5 heteroatoms. The number of amides is 1. The van der Waals surface area contributed by atoms with E-state index in [1.807, 2.05) is 0 Å². The molecule has 0 radical (unpaired) electrons. The predicted octanol–water partition coefficient (Wildman–Crippen LogP) is 0.728. The quantitative estimate of drug-likeness (QED) is 0.650. The maximum absolute atomic E-state index is 10.4. The first-order chi connectivity index (χ1) is 5.18. The van der Waals surface area contributed by atoms with Crippen LogP contribution < -0.4 is 0 Å². The van der Waals surface area contributed by atoms with Gasteiger partial charge in [0.2, 0.25) is 0 Å². The molecule has 1 rings (SSSR count). The van der Waals surface area contributed by atoms with Crippen LogP contribution in [0.15, 0.2) is 22.0 Å². The second-order valence-electron chi connectivity index (χ2n) is 2.07. The summed E-state index contributed by atoms with van der Waals surface area (Å²) in [5.74, 6) is -1.31. The van der Waals surface area contributed by atoms with Crippen molar-refractivity contribution in [3.8, 4) is 0 Å². The minimum atomic E-state index is -0.902. The van der Waals surface area contributed by atoms with Crippen LogP contribution in [0.4, 0.5) is 0 Å². The van der Waals surface area contributed by atoms with Gasteiger partial charge in [-0.05, 0) is 0 Å². The van der Waals surface area contributed by atoms with E-state index >= 15 is 0 Å². The molecule has 5 nitrogen and oxygen atoms in total. The lowest BCUT2D eigenvalue weighted by Crippen LogP contribution is -1.93. The first kappa shape index (κ1) is 7.59. The summed E-state index contributed by atoms with van der Waals surface area (Å²) in [5, 5.41) is 14.9. The molecule has 1 heterocycles. The molecule has 1 N–H and O–H groups in total. The molecule has 1 amide bonds. The summed E-state index contributed by atoms with van der Waals surface area (Å²) in [6.07, 6.45) is 1.49. The Morgan fingerprint density at radius 2 is 2.27 bits per heavy atom. The van der Waals surface area contributed by atoms with Gasteiger partial charge in [-0.3, -0.25) is 9.59 Å². The highest BCUT2D eigenvalue weighted by atomic mass is 16.4. The molecule has 0 aromatic heterocycles. The molecule has 58 valence electrons. The van der Waals surface area contributed by atoms with Gasteiger partial charge in [-0.25, -0.2) is 0 Å². The molecular weight excluding hydrogens is 148 g/mol. The molecule has 1 aliphatic heterocycles. The second kappa shape index (κ2) is 3.05. The summed E-state index contributed by atoms with van der Waals surface area (Å²) in [5.41, 5.74) is 0.442. The Bertz CT molecular complexity index is 255. The molecule has 0 unspecified atom stereocenters. The molecular formula is C6H6N2O3. The van der Waals surface area contributed by atoms with Crippen LogP contribution in [0.3, 0.4) is 0 Å². The highest BCUT2D eigenvalue weighted by molar-refractivity contribution is 5.90. The third-order valence-electron chi connectivity index (χ3n) is 1.16. The number of hydrogen-bond donors (Lipinski definition) is 1. The second-order valence-corrected chi connectivity index (χ2v) is 2.07. The van der Waals surface area contributed by atoms with E-state index in [9.17, 15) is 9.59 Å². The van der Waals surface area contributed by atoms with Crippen molar-refractivity contribution in [1.29, 1.82) is 0 Å². The summed E-state index contributed by atoms with van der Waals surface area (Å²) >= 11 is 0. The van der Waals surface area contributed by atoms with Crippen molar-refractivity contribution in [3.63, 3.8) is 0 Å². The van der Waals surface area contributed by atoms with E-state index in [-0.39, 0.29) is 12.8 Å². The van der Waals surface area contributed by atoms with Gasteiger partial charge in [0.05, 0.1) is 12.1 Å². The molecule has 0 spiro atoms. The largest absolute Gasteiger partial charge is 0.481 e. The van der Waals surface area contributed by atoms with Crippen LogP contribution in [-0.4, -0.2) is 17.0 Å². The fraction of sp³-hybridized carbons (Fsp3) is 0.333. The smallest absolute Gasteiger partial charge is 0.303 e. The van der Waals surface area contributed by atoms with E-state index in [1.54, 1.807) is 0 Å². The average molecular weight is 154 g/mol. The Balaban J connectivity index is 2.40. The van der Waals surface area contributed by atoms with Gasteiger partial charge in [-0.1, -0.05) is 0 Å². The van der Waals surface area contributed by atoms with Gasteiger partial charge in [0, 0.05) is 12.5 Å². The van der Waals surface area contributed by atoms with Crippen LogP contribution in [0.1, 0.15) is 12.8 Å². The number of carboxylic acids is 1. The predicted molar refractivity (Wildman–Crippen MR) is 34.8 cm³/mol. The van der Waals surface area contributed by atoms with Gasteiger partial charge >= 0.3 is 5.97 Å². The van der Waals surface area contributed by atoms with Crippen LogP contribution >= 0.6 is 0 Å². The molecule has 0 bridgehead atoms. The summed E-state index contributed by atoms with van der Waals surface area (Å²) in [4.78, 5) is 20.5. The van der Waals surface area contributed by atoms with Crippen molar-refractivity contribution in [2.75, 3.05) is 0 Å². The molecule has 0 saturated heterocycles. The van der Waals surface area contributed by atoms with Gasteiger partial charge in [0.25, 0.3) is 5.91 Å². The van der Waals surface area contributed by atoms with Crippen LogP contribution in [0.2, 0.25) is 0 Å². The van der Waals surface area contributed by atoms with Gasteiger partial charge < -0.3 is 5.11 Å². The minimum absolute atomic E-state index is 0.0157. The van der Waals surface area contributed by atoms with E-state index < -0.39 is 11.9 Å². The monoisotopic (exact) mass is 154 g/mol. The topological polar surface area (TPSA) is 79.1 Å². The fourth-order valence-electron chi connectivity index (χ4n) is 0.671. The highest BCUT2D eigenvalue weighted by Gasteiger charge is 2.08. The standard InChI is InChI=1S/C6H6N2O3/c9-5-3-4(7-8-5)1-2-6(10)11/h3H,1-2H2,(H,10,11). The highest BCUT2D eigenvalue weighted by Crippen LogP contribution is 2.12. The number of hydrogen-bond acceptors (Lipinski definition) is 3. The number of rotatable bonds is 3. The zero-order valence-corrected chi connectivity index (χ0v) is 5.65. The molecule has 0 atom stereocenters. The van der Waals surface area contributed by atoms with Crippen LogP contribution in [0.25, 0.3) is 0 Å². The molecule has 0 aliphatic carbocycles. The first-order valence-electron chi connectivity index (χ1n) is 3.06. The number of nitrogens with zero attached hydrogens (tertiary/aromatic N) is 2. The van der Waals surface area contributed by atoms with Crippen LogP contribution in [-0.2, 0) is 9.59 Å². The zero-order chi connectivity index (χ0) is 8.27. The molecule has 1 aliphatic rings. The summed E-state index contributed by atoms with van der Waals surface area (Å²) in [7, 11) is 0. The number of allylic oxidation sites excluding steroid dienone is 1. The number of carboxylic acid groups (broad SMARTS) is 1. The number of aliphatic carboxylic acids is 1. The van der Waals surface area contributed by atoms with Crippen LogP contribution in [0, 0.1) is 0 Å². The van der Waals surface area contributed by atoms with E-state index in [0.29, 0.717) is 5.70 Å². The van der Waals surface area contributed by atoms with E-state index in [1.165, 1.54) is 6.08 Å². The lowest BCUT2D eigenvalue weighted by molar-refractivity contribution is -0.137. The zero-order valence-electron chi connectivity index (χ0n) is 5.65. The van der Waals surface area contributed by atoms with E-state index in [4.69, 9.17) is 5.11 Å². The van der Waals surface area contributed by atoms with Crippen LogP contribution in [0.5, 0.6) is 0 Å². The first-order valence-corrected chi connectivity index (χ1v) is 3.06. The van der Waals surface area contributed by atoms with Crippen molar-refractivity contribution >= 4 is 11.9 Å². The summed E-state index contributed by atoms with van der Waals surface area (Å²) in [6.45, 7) is 0. The maximum Gasteiger partial charge on any atom is 0.303 e. The summed E-state index contributed by atoms with van der Waals surface area (Å²) in [6, 6.07) is 0. The number of carbonyl (C=O) groups excluding carboxylic acids is 1. The number of carbonyl (C=O) groups is 2. The molecule has 0 fully saturated rings. The number of azo groups is 1. The fourth-order valence-corrected chi connectivity index (χ4v) is 0.671.